The molecule has 2 atom stereocenters. The molecular formula is C35H34N4O6. The number of carbonyl (C=O) groups excluding carboxylic acids is 2. The SMILES string of the molecule is COC(=O)c1ccccc1C(=O)NC(=N)c1ccc2ccc(C[C@H](C(=O)O)c3ccc(O[C@H]4CCN(C(C)=N)C4)cc3)cc2c1. The number of amides is 1. The lowest BCUT2D eigenvalue weighted by Gasteiger charge is -2.18. The third kappa shape index (κ3) is 7.18. The monoisotopic (exact) mass is 606 g/mol. The molecule has 5 rings (SSSR count). The highest BCUT2D eigenvalue weighted by Crippen LogP contribution is 2.27. The Morgan fingerprint density at radius 3 is 2.33 bits per heavy atom. The number of hydrogen-bond donors (Lipinski definition) is 4. The second kappa shape index (κ2) is 13.4. The van der Waals surface area contributed by atoms with Crippen molar-refractivity contribution in [1.82, 2.24) is 10.2 Å². The van der Waals surface area contributed by atoms with Gasteiger partial charge in [-0.1, -0.05) is 54.6 Å². The summed E-state index contributed by atoms with van der Waals surface area (Å²) in [6.45, 7) is 3.21. The summed E-state index contributed by atoms with van der Waals surface area (Å²) in [4.78, 5) is 39.3. The molecule has 10 heteroatoms. The molecule has 0 radical (unpaired) electrons. The van der Waals surface area contributed by atoms with Crippen LogP contribution in [0.25, 0.3) is 10.8 Å². The van der Waals surface area contributed by atoms with Crippen molar-refractivity contribution in [1.29, 1.82) is 10.8 Å². The van der Waals surface area contributed by atoms with Gasteiger partial charge >= 0.3 is 11.9 Å². The molecule has 1 amide bonds. The molecular weight excluding hydrogens is 572 g/mol. The van der Waals surface area contributed by atoms with Crippen LogP contribution in [0.5, 0.6) is 5.75 Å². The summed E-state index contributed by atoms with van der Waals surface area (Å²) in [6.07, 6.45) is 1.07. The molecule has 1 aliphatic heterocycles. The van der Waals surface area contributed by atoms with E-state index in [0.717, 1.165) is 29.3 Å². The summed E-state index contributed by atoms with van der Waals surface area (Å²) < 4.78 is 10.8. The number of methoxy groups -OCH3 is 1. The zero-order valence-corrected chi connectivity index (χ0v) is 25.0. The molecule has 1 saturated heterocycles. The summed E-state index contributed by atoms with van der Waals surface area (Å²) in [7, 11) is 1.23. The van der Waals surface area contributed by atoms with Crippen LogP contribution in [0.2, 0.25) is 0 Å². The van der Waals surface area contributed by atoms with Crippen LogP contribution >= 0.6 is 0 Å². The van der Waals surface area contributed by atoms with Crippen molar-refractivity contribution in [3.8, 4) is 5.75 Å². The van der Waals surface area contributed by atoms with Crippen LogP contribution in [0.4, 0.5) is 0 Å². The van der Waals surface area contributed by atoms with E-state index in [-0.39, 0.29) is 29.5 Å². The Balaban J connectivity index is 1.29. The molecule has 0 saturated carbocycles. The number of carboxylic acid groups (broad SMARTS) is 1. The van der Waals surface area contributed by atoms with E-state index in [9.17, 15) is 19.5 Å². The van der Waals surface area contributed by atoms with E-state index in [4.69, 9.17) is 20.3 Å². The number of amidine groups is 2. The highest BCUT2D eigenvalue weighted by Gasteiger charge is 2.25. The standard InChI is InChI=1S/C35H34N4O6/c1-21(36)39-16-15-28(20-39)45-27-13-11-24(12-14-27)31(34(41)42)18-22-7-8-23-9-10-25(19-26(23)17-22)32(37)38-33(40)29-5-3-4-6-30(29)35(43)44-2/h3-14,17,19,28,31,36H,15-16,18,20H2,1-2H3,(H,41,42)(H2,37,38,40)/t28-,31-/m0/s1. The maximum absolute atomic E-state index is 12.9. The topological polar surface area (TPSA) is 153 Å². The molecule has 0 aromatic heterocycles. The van der Waals surface area contributed by atoms with Gasteiger partial charge in [-0.15, -0.1) is 0 Å². The number of likely N-dealkylation sites (tertiary alicyclic amines) is 1. The van der Waals surface area contributed by atoms with E-state index < -0.39 is 23.8 Å². The van der Waals surface area contributed by atoms with E-state index >= 15 is 0 Å². The summed E-state index contributed by atoms with van der Waals surface area (Å²) in [5, 5.41) is 30.6. The molecule has 230 valence electrons. The predicted octanol–water partition coefficient (Wildman–Crippen LogP) is 5.24. The van der Waals surface area contributed by atoms with Crippen LogP contribution in [0.1, 0.15) is 56.7 Å². The average molecular weight is 607 g/mol. The first-order chi connectivity index (χ1) is 21.6. The fourth-order valence-electron chi connectivity index (χ4n) is 5.48. The lowest BCUT2D eigenvalue weighted by molar-refractivity contribution is -0.138. The summed E-state index contributed by atoms with van der Waals surface area (Å²) >= 11 is 0. The Labute approximate surface area is 260 Å². The number of rotatable bonds is 9. The van der Waals surface area contributed by atoms with Gasteiger partial charge in [-0.3, -0.25) is 20.4 Å². The van der Waals surface area contributed by atoms with Crippen LogP contribution < -0.4 is 10.1 Å². The molecule has 4 aromatic rings. The molecule has 10 nitrogen and oxygen atoms in total. The smallest absolute Gasteiger partial charge is 0.338 e. The van der Waals surface area contributed by atoms with Gasteiger partial charge in [-0.05, 0) is 65.6 Å². The van der Waals surface area contributed by atoms with Gasteiger partial charge in [0.25, 0.3) is 5.91 Å². The third-order valence-corrected chi connectivity index (χ3v) is 7.95. The Kier molecular flexibility index (Phi) is 9.22. The fourth-order valence-corrected chi connectivity index (χ4v) is 5.48. The molecule has 4 N–H and O–H groups in total. The maximum atomic E-state index is 12.9. The van der Waals surface area contributed by atoms with Gasteiger partial charge in [-0.25, -0.2) is 4.79 Å². The Bertz CT molecular complexity index is 1780. The minimum absolute atomic E-state index is 0.0145. The van der Waals surface area contributed by atoms with E-state index in [1.807, 2.05) is 29.2 Å². The second-order valence-corrected chi connectivity index (χ2v) is 11.0. The van der Waals surface area contributed by atoms with E-state index in [0.29, 0.717) is 29.3 Å². The van der Waals surface area contributed by atoms with E-state index in [2.05, 4.69) is 5.32 Å². The van der Waals surface area contributed by atoms with Gasteiger partial charge in [0.2, 0.25) is 0 Å². The van der Waals surface area contributed by atoms with Gasteiger partial charge in [-0.2, -0.15) is 0 Å². The summed E-state index contributed by atoms with van der Waals surface area (Å²) in [6, 6.07) is 24.4. The number of aliphatic carboxylic acids is 1. The summed E-state index contributed by atoms with van der Waals surface area (Å²) in [5.41, 5.74) is 2.12. The molecule has 1 fully saturated rings. The van der Waals surface area contributed by atoms with Crippen LogP contribution in [0.15, 0.2) is 84.9 Å². The van der Waals surface area contributed by atoms with Gasteiger partial charge in [0.1, 0.15) is 17.7 Å². The largest absolute Gasteiger partial charge is 0.489 e. The predicted molar refractivity (Wildman–Crippen MR) is 171 cm³/mol. The van der Waals surface area contributed by atoms with Crippen molar-refractivity contribution in [3.63, 3.8) is 0 Å². The van der Waals surface area contributed by atoms with Crippen LogP contribution in [-0.4, -0.2) is 65.8 Å². The summed E-state index contributed by atoms with van der Waals surface area (Å²) in [5.74, 6) is -1.94. The minimum atomic E-state index is -0.942. The number of ether oxygens (including phenoxy) is 2. The zero-order chi connectivity index (χ0) is 32.1. The molecule has 4 aromatic carbocycles. The van der Waals surface area contributed by atoms with Gasteiger partial charge in [0.05, 0.1) is 36.5 Å². The Hall–Kier alpha value is -5.51. The van der Waals surface area contributed by atoms with Crippen molar-refractivity contribution in [2.45, 2.75) is 31.8 Å². The minimum Gasteiger partial charge on any atom is -0.489 e. The number of carboxylic acids is 1. The van der Waals surface area contributed by atoms with Crippen molar-refractivity contribution in [3.05, 3.63) is 113 Å². The van der Waals surface area contributed by atoms with Crippen LogP contribution in [0.3, 0.4) is 0 Å². The Morgan fingerprint density at radius 1 is 0.956 bits per heavy atom. The van der Waals surface area contributed by atoms with Crippen molar-refractivity contribution in [2.75, 3.05) is 20.2 Å². The number of carbonyl (C=O) groups is 3. The van der Waals surface area contributed by atoms with E-state index in [1.165, 1.54) is 19.2 Å². The number of nitrogens with one attached hydrogen (secondary N) is 3. The molecule has 0 spiro atoms. The first-order valence-electron chi connectivity index (χ1n) is 14.5. The first kappa shape index (κ1) is 30.9. The van der Waals surface area contributed by atoms with Crippen LogP contribution in [-0.2, 0) is 16.0 Å². The molecule has 1 heterocycles. The van der Waals surface area contributed by atoms with Crippen molar-refractivity contribution in [2.24, 2.45) is 0 Å². The molecule has 45 heavy (non-hydrogen) atoms. The van der Waals surface area contributed by atoms with Gasteiger partial charge in [0.15, 0.2) is 0 Å². The average Bonchev–Trinajstić information content (AvgIpc) is 3.52. The molecule has 1 aliphatic rings. The van der Waals surface area contributed by atoms with Crippen molar-refractivity contribution >= 4 is 40.3 Å². The van der Waals surface area contributed by atoms with Crippen molar-refractivity contribution < 1.29 is 29.0 Å². The molecule has 0 aliphatic carbocycles. The number of fused-ring (bicyclic) bond motifs is 1. The zero-order valence-electron chi connectivity index (χ0n) is 25.0. The maximum Gasteiger partial charge on any atom is 0.338 e. The normalized spacial score (nSPS) is 14.9. The van der Waals surface area contributed by atoms with Gasteiger partial charge < -0.3 is 24.8 Å². The lowest BCUT2D eigenvalue weighted by Crippen LogP contribution is -2.31. The molecule has 0 bridgehead atoms. The highest BCUT2D eigenvalue weighted by molar-refractivity contribution is 6.15. The fraction of sp³-hybridized carbons (Fsp3) is 0.229. The first-order valence-corrected chi connectivity index (χ1v) is 14.5. The highest BCUT2D eigenvalue weighted by atomic mass is 16.5. The number of hydrogen-bond acceptors (Lipinski definition) is 7. The number of esters is 1. The van der Waals surface area contributed by atoms with E-state index in [1.54, 1.807) is 55.5 Å². The quantitative estimate of drug-likeness (QED) is 0.115. The van der Waals surface area contributed by atoms with Crippen LogP contribution in [0, 0.1) is 10.8 Å². The third-order valence-electron chi connectivity index (χ3n) is 7.95. The number of nitrogens with zero attached hydrogens (tertiary/aromatic N) is 1. The lowest BCUT2D eigenvalue weighted by atomic mass is 9.91. The second-order valence-electron chi connectivity index (χ2n) is 11.0. The molecule has 0 unspecified atom stereocenters. The Morgan fingerprint density at radius 2 is 1.67 bits per heavy atom. The van der Waals surface area contributed by atoms with Gasteiger partial charge in [0, 0.05) is 18.5 Å². The number of benzene rings is 4.